The highest BCUT2D eigenvalue weighted by molar-refractivity contribution is 6.40. The number of pyridine rings is 1. The second-order valence-electron chi connectivity index (χ2n) is 3.02. The van der Waals surface area contributed by atoms with Crippen LogP contribution in [0, 0.1) is 6.92 Å². The summed E-state index contributed by atoms with van der Waals surface area (Å²) < 4.78 is 0. The Hall–Kier alpha value is -0.500. The molecule has 1 nitrogen and oxygen atoms in total. The molecule has 1 aromatic carbocycles. The zero-order chi connectivity index (χ0) is 10.3. The number of benzene rings is 1. The first-order valence-corrected chi connectivity index (χ1v) is 5.14. The summed E-state index contributed by atoms with van der Waals surface area (Å²) in [5, 5.41) is 2.49. The Morgan fingerprint density at radius 3 is 2.43 bits per heavy atom. The predicted octanol–water partition coefficient (Wildman–Crippen LogP) is 4.50. The van der Waals surface area contributed by atoms with E-state index >= 15 is 0 Å². The Labute approximate surface area is 96.6 Å². The van der Waals surface area contributed by atoms with Gasteiger partial charge in [-0.05, 0) is 30.7 Å². The molecule has 72 valence electrons. The zero-order valence-electron chi connectivity index (χ0n) is 7.31. The highest BCUT2D eigenvalue weighted by atomic mass is 35.5. The van der Waals surface area contributed by atoms with Gasteiger partial charge in [0.25, 0.3) is 0 Å². The molecule has 0 amide bonds. The van der Waals surface area contributed by atoms with Crippen LogP contribution >= 0.6 is 34.8 Å². The van der Waals surface area contributed by atoms with Crippen molar-refractivity contribution in [2.75, 3.05) is 0 Å². The Balaban J connectivity index is 2.94. The fourth-order valence-corrected chi connectivity index (χ4v) is 1.82. The van der Waals surface area contributed by atoms with Crippen LogP contribution < -0.4 is 0 Å². The fraction of sp³-hybridized carbons (Fsp3) is 0.100. The molecule has 1 heterocycles. The Morgan fingerprint density at radius 1 is 1.07 bits per heavy atom. The first-order chi connectivity index (χ1) is 6.59. The minimum absolute atomic E-state index is 0.460. The second-order valence-corrected chi connectivity index (χ2v) is 4.19. The third kappa shape index (κ3) is 1.56. The van der Waals surface area contributed by atoms with Gasteiger partial charge < -0.3 is 0 Å². The van der Waals surface area contributed by atoms with Gasteiger partial charge in [0.05, 0.1) is 15.6 Å². The van der Waals surface area contributed by atoms with E-state index in [0.717, 1.165) is 10.9 Å². The molecule has 0 unspecified atom stereocenters. The number of aromatic nitrogens is 1. The van der Waals surface area contributed by atoms with Crippen LogP contribution in [0.1, 0.15) is 5.56 Å². The highest BCUT2D eigenvalue weighted by Gasteiger charge is 2.07. The molecule has 14 heavy (non-hydrogen) atoms. The van der Waals surface area contributed by atoms with E-state index < -0.39 is 0 Å². The summed E-state index contributed by atoms with van der Waals surface area (Å²) in [7, 11) is 0. The summed E-state index contributed by atoms with van der Waals surface area (Å²) in [5.74, 6) is 0. The molecule has 0 radical (unpaired) electrons. The number of aryl methyl sites for hydroxylation is 1. The summed E-state index contributed by atoms with van der Waals surface area (Å²) >= 11 is 17.9. The van der Waals surface area contributed by atoms with E-state index in [4.69, 9.17) is 34.8 Å². The topological polar surface area (TPSA) is 12.9 Å². The lowest BCUT2D eigenvalue weighted by molar-refractivity contribution is 1.33. The average Bonchev–Trinajstić information content (AvgIpc) is 2.15. The normalized spacial score (nSPS) is 10.9. The van der Waals surface area contributed by atoms with Crippen LogP contribution in [0.5, 0.6) is 0 Å². The standard InChI is InChI=1S/C10H6Cl3N/c1-5-4-6-7(11)2-3-8(12)9(6)14-10(5)13/h2-4H,1H3. The smallest absolute Gasteiger partial charge is 0.132 e. The summed E-state index contributed by atoms with van der Waals surface area (Å²) in [5.41, 5.74) is 1.54. The van der Waals surface area contributed by atoms with Crippen LogP contribution in [0.3, 0.4) is 0 Å². The van der Waals surface area contributed by atoms with E-state index in [1.807, 2.05) is 13.0 Å². The largest absolute Gasteiger partial charge is 0.234 e. The second kappa shape index (κ2) is 3.58. The quantitative estimate of drug-likeness (QED) is 0.624. The summed E-state index contributed by atoms with van der Waals surface area (Å²) in [6.07, 6.45) is 0. The first-order valence-electron chi connectivity index (χ1n) is 4.00. The van der Waals surface area contributed by atoms with E-state index in [-0.39, 0.29) is 0 Å². The lowest BCUT2D eigenvalue weighted by atomic mass is 10.2. The van der Waals surface area contributed by atoms with Crippen molar-refractivity contribution in [3.05, 3.63) is 39.0 Å². The van der Waals surface area contributed by atoms with Crippen LogP contribution in [0.15, 0.2) is 18.2 Å². The maximum Gasteiger partial charge on any atom is 0.132 e. The van der Waals surface area contributed by atoms with Crippen molar-refractivity contribution in [3.8, 4) is 0 Å². The SMILES string of the molecule is Cc1cc2c(Cl)ccc(Cl)c2nc1Cl. The van der Waals surface area contributed by atoms with Gasteiger partial charge >= 0.3 is 0 Å². The molecule has 0 aliphatic heterocycles. The maximum atomic E-state index is 6.01. The van der Waals surface area contributed by atoms with Crippen LogP contribution in [0.2, 0.25) is 15.2 Å². The monoisotopic (exact) mass is 245 g/mol. The lowest BCUT2D eigenvalue weighted by Crippen LogP contribution is -1.86. The van der Waals surface area contributed by atoms with Crippen molar-refractivity contribution in [2.45, 2.75) is 6.92 Å². The molecule has 0 aliphatic rings. The van der Waals surface area contributed by atoms with Crippen LogP contribution in [-0.4, -0.2) is 4.98 Å². The number of hydrogen-bond donors (Lipinski definition) is 0. The average molecular weight is 247 g/mol. The molecule has 1 aromatic heterocycles. The van der Waals surface area contributed by atoms with Gasteiger partial charge in [-0.25, -0.2) is 4.98 Å². The van der Waals surface area contributed by atoms with E-state index in [1.54, 1.807) is 12.1 Å². The minimum atomic E-state index is 0.460. The van der Waals surface area contributed by atoms with Gasteiger partial charge in [0.2, 0.25) is 0 Å². The molecule has 0 saturated heterocycles. The summed E-state index contributed by atoms with van der Waals surface area (Å²) in [6.45, 7) is 1.88. The summed E-state index contributed by atoms with van der Waals surface area (Å²) in [6, 6.07) is 5.35. The van der Waals surface area contributed by atoms with Gasteiger partial charge in [0.1, 0.15) is 5.15 Å². The van der Waals surface area contributed by atoms with Gasteiger partial charge in [0, 0.05) is 5.39 Å². The molecule has 0 fully saturated rings. The van der Waals surface area contributed by atoms with Gasteiger partial charge in [-0.3, -0.25) is 0 Å². The van der Waals surface area contributed by atoms with Crippen molar-refractivity contribution in [1.82, 2.24) is 4.98 Å². The molecule has 0 spiro atoms. The van der Waals surface area contributed by atoms with Gasteiger partial charge in [-0.2, -0.15) is 0 Å². The minimum Gasteiger partial charge on any atom is -0.234 e. The molecule has 4 heteroatoms. The highest BCUT2D eigenvalue weighted by Crippen LogP contribution is 2.30. The summed E-state index contributed by atoms with van der Waals surface area (Å²) in [4.78, 5) is 4.18. The Bertz CT molecular complexity index is 462. The number of fused-ring (bicyclic) bond motifs is 1. The van der Waals surface area contributed by atoms with E-state index in [0.29, 0.717) is 20.7 Å². The lowest BCUT2D eigenvalue weighted by Gasteiger charge is -2.04. The molecule has 0 N–H and O–H groups in total. The van der Waals surface area contributed by atoms with Gasteiger partial charge in [-0.15, -0.1) is 0 Å². The molecular weight excluding hydrogens is 240 g/mol. The number of halogens is 3. The molecule has 0 saturated carbocycles. The van der Waals surface area contributed by atoms with E-state index in [2.05, 4.69) is 4.98 Å². The van der Waals surface area contributed by atoms with Crippen molar-refractivity contribution >= 4 is 45.7 Å². The zero-order valence-corrected chi connectivity index (χ0v) is 9.58. The fourth-order valence-electron chi connectivity index (χ4n) is 1.27. The number of hydrogen-bond acceptors (Lipinski definition) is 1. The molecule has 0 atom stereocenters. The third-order valence-corrected chi connectivity index (χ3v) is 3.03. The molecule has 2 aromatic rings. The maximum absolute atomic E-state index is 6.01. The molecular formula is C10H6Cl3N. The first kappa shape index (κ1) is 10.0. The molecule has 0 aliphatic carbocycles. The van der Waals surface area contributed by atoms with Crippen molar-refractivity contribution in [3.63, 3.8) is 0 Å². The Morgan fingerprint density at radius 2 is 1.71 bits per heavy atom. The Kier molecular flexibility index (Phi) is 2.56. The van der Waals surface area contributed by atoms with Crippen LogP contribution in [-0.2, 0) is 0 Å². The predicted molar refractivity (Wildman–Crippen MR) is 61.5 cm³/mol. The molecule has 2 rings (SSSR count). The van der Waals surface area contributed by atoms with Crippen molar-refractivity contribution < 1.29 is 0 Å². The van der Waals surface area contributed by atoms with Crippen molar-refractivity contribution in [2.24, 2.45) is 0 Å². The molecule has 0 bridgehead atoms. The van der Waals surface area contributed by atoms with E-state index in [1.165, 1.54) is 0 Å². The van der Waals surface area contributed by atoms with E-state index in [9.17, 15) is 0 Å². The van der Waals surface area contributed by atoms with Crippen LogP contribution in [0.25, 0.3) is 10.9 Å². The van der Waals surface area contributed by atoms with Crippen molar-refractivity contribution in [1.29, 1.82) is 0 Å². The number of nitrogens with zero attached hydrogens (tertiary/aromatic N) is 1. The number of rotatable bonds is 0. The third-order valence-electron chi connectivity index (χ3n) is 2.01. The van der Waals surface area contributed by atoms with Gasteiger partial charge in [-0.1, -0.05) is 34.8 Å². The van der Waals surface area contributed by atoms with Crippen LogP contribution in [0.4, 0.5) is 0 Å². The van der Waals surface area contributed by atoms with Gasteiger partial charge in [0.15, 0.2) is 0 Å².